The summed E-state index contributed by atoms with van der Waals surface area (Å²) >= 11 is 0. The van der Waals surface area contributed by atoms with E-state index in [9.17, 15) is 9.59 Å². The third-order valence-corrected chi connectivity index (χ3v) is 5.09. The Morgan fingerprint density at radius 3 is 2.29 bits per heavy atom. The van der Waals surface area contributed by atoms with E-state index in [2.05, 4.69) is 15.1 Å². The fourth-order valence-corrected chi connectivity index (χ4v) is 3.36. The molecule has 28 heavy (non-hydrogen) atoms. The minimum atomic E-state index is -0.284. The Morgan fingerprint density at radius 2 is 1.64 bits per heavy atom. The van der Waals surface area contributed by atoms with Crippen LogP contribution in [0.3, 0.4) is 0 Å². The number of benzene rings is 1. The van der Waals surface area contributed by atoms with Gasteiger partial charge in [-0.25, -0.2) is 4.79 Å². The number of nitrogens with one attached hydrogen (secondary N) is 1. The van der Waals surface area contributed by atoms with Gasteiger partial charge in [0.25, 0.3) is 5.56 Å². The molecule has 3 rings (SSSR count). The van der Waals surface area contributed by atoms with Crippen LogP contribution >= 0.6 is 12.4 Å². The van der Waals surface area contributed by atoms with Gasteiger partial charge in [0.15, 0.2) is 0 Å². The quantitative estimate of drug-likeness (QED) is 0.540. The summed E-state index contributed by atoms with van der Waals surface area (Å²) in [6, 6.07) is 9.32. The molecule has 2 heterocycles. The van der Waals surface area contributed by atoms with E-state index in [4.69, 9.17) is 5.73 Å². The van der Waals surface area contributed by atoms with Crippen molar-refractivity contribution in [3.05, 3.63) is 51.2 Å². The summed E-state index contributed by atoms with van der Waals surface area (Å²) in [6.07, 6.45) is 1.05. The molecule has 2 aromatic rings. The third kappa shape index (κ3) is 5.08. The molecule has 1 aromatic heterocycles. The van der Waals surface area contributed by atoms with Gasteiger partial charge in [-0.3, -0.25) is 18.8 Å². The number of piperazine rings is 1. The van der Waals surface area contributed by atoms with Crippen molar-refractivity contribution in [1.29, 1.82) is 0 Å². The molecule has 1 aromatic carbocycles. The highest BCUT2D eigenvalue weighted by atomic mass is 35.5. The van der Waals surface area contributed by atoms with Crippen molar-refractivity contribution in [3.8, 4) is 0 Å². The first kappa shape index (κ1) is 21.8. The first-order valence-electron chi connectivity index (χ1n) is 9.29. The lowest BCUT2D eigenvalue weighted by molar-refractivity contribution is 0.256. The zero-order valence-corrected chi connectivity index (χ0v) is 17.2. The predicted octanol–water partition coefficient (Wildman–Crippen LogP) is 0.712. The van der Waals surface area contributed by atoms with E-state index in [1.165, 1.54) is 7.05 Å². The van der Waals surface area contributed by atoms with Gasteiger partial charge in [-0.2, -0.15) is 0 Å². The molecule has 8 nitrogen and oxygen atoms in total. The van der Waals surface area contributed by atoms with E-state index in [-0.39, 0.29) is 23.7 Å². The number of hydrogen-bond donors (Lipinski definition) is 2. The van der Waals surface area contributed by atoms with Crippen LogP contribution in [0.25, 0.3) is 0 Å². The second-order valence-electron chi connectivity index (χ2n) is 6.97. The van der Waals surface area contributed by atoms with Crippen LogP contribution in [0.15, 0.2) is 39.9 Å². The highest BCUT2D eigenvalue weighted by Gasteiger charge is 2.19. The summed E-state index contributed by atoms with van der Waals surface area (Å²) in [4.78, 5) is 28.6. The number of nitrogens with two attached hydrogens (primary N) is 1. The van der Waals surface area contributed by atoms with Gasteiger partial charge in [0.05, 0.1) is 0 Å². The number of anilines is 3. The second-order valence-corrected chi connectivity index (χ2v) is 6.97. The Bertz CT molecular complexity index is 885. The fraction of sp³-hybridized carbons (Fsp3) is 0.474. The van der Waals surface area contributed by atoms with E-state index in [1.54, 1.807) is 17.7 Å². The standard InChI is InChI=1S/C19H28N6O2.ClH/c1-22-17(14-18(26)23(2)19(22)27)25-12-10-24(11-13-25)9-3-8-21-16-6-4-15(20)5-7-16;/h4-7,14,21H,3,8-13,20H2,1-2H3;1H. The first-order chi connectivity index (χ1) is 13.0. The molecule has 0 amide bonds. The number of halogens is 1. The van der Waals surface area contributed by atoms with Crippen LogP contribution in [0.5, 0.6) is 0 Å². The van der Waals surface area contributed by atoms with E-state index in [0.717, 1.165) is 61.6 Å². The Labute approximate surface area is 171 Å². The summed E-state index contributed by atoms with van der Waals surface area (Å²) < 4.78 is 2.68. The van der Waals surface area contributed by atoms with Gasteiger partial charge in [-0.1, -0.05) is 0 Å². The molecule has 0 bridgehead atoms. The minimum absolute atomic E-state index is 0. The average molecular weight is 409 g/mol. The first-order valence-corrected chi connectivity index (χ1v) is 9.29. The van der Waals surface area contributed by atoms with Crippen molar-refractivity contribution in [3.63, 3.8) is 0 Å². The molecule has 0 spiro atoms. The number of nitrogens with zero attached hydrogens (tertiary/aromatic N) is 4. The van der Waals surface area contributed by atoms with Crippen LogP contribution in [0, 0.1) is 0 Å². The van der Waals surface area contributed by atoms with Crippen molar-refractivity contribution in [2.24, 2.45) is 14.1 Å². The van der Waals surface area contributed by atoms with Gasteiger partial charge in [-0.05, 0) is 37.2 Å². The maximum absolute atomic E-state index is 12.1. The van der Waals surface area contributed by atoms with E-state index in [0.29, 0.717) is 5.82 Å². The molecular weight excluding hydrogens is 380 g/mol. The number of nitrogen functional groups attached to an aromatic ring is 1. The van der Waals surface area contributed by atoms with Crippen LogP contribution in [-0.2, 0) is 14.1 Å². The monoisotopic (exact) mass is 408 g/mol. The summed E-state index contributed by atoms with van der Waals surface area (Å²) in [6.45, 7) is 5.40. The Hall–Kier alpha value is -2.45. The van der Waals surface area contributed by atoms with Gasteiger partial charge in [0.1, 0.15) is 5.82 Å². The number of aromatic nitrogens is 2. The summed E-state index contributed by atoms with van der Waals surface area (Å²) in [7, 11) is 3.22. The lowest BCUT2D eigenvalue weighted by atomic mass is 10.2. The molecule has 3 N–H and O–H groups in total. The van der Waals surface area contributed by atoms with Gasteiger partial charge in [0, 0.05) is 64.3 Å². The molecule has 1 saturated heterocycles. The summed E-state index contributed by atoms with van der Waals surface area (Å²) in [5.41, 5.74) is 7.00. The van der Waals surface area contributed by atoms with Gasteiger partial charge in [0.2, 0.25) is 0 Å². The van der Waals surface area contributed by atoms with Crippen LogP contribution in [0.2, 0.25) is 0 Å². The predicted molar refractivity (Wildman–Crippen MR) is 117 cm³/mol. The molecule has 1 aliphatic rings. The van der Waals surface area contributed by atoms with E-state index in [1.807, 2.05) is 24.3 Å². The maximum Gasteiger partial charge on any atom is 0.332 e. The molecule has 0 radical (unpaired) electrons. The highest BCUT2D eigenvalue weighted by Crippen LogP contribution is 2.13. The molecule has 0 unspecified atom stereocenters. The van der Waals surface area contributed by atoms with Crippen molar-refractivity contribution in [2.75, 3.05) is 55.2 Å². The third-order valence-electron chi connectivity index (χ3n) is 5.09. The molecule has 154 valence electrons. The SMILES string of the molecule is Cl.Cn1c(N2CCN(CCCNc3ccc(N)cc3)CC2)cc(=O)n(C)c1=O. The van der Waals surface area contributed by atoms with Crippen molar-refractivity contribution >= 4 is 29.6 Å². The van der Waals surface area contributed by atoms with Crippen molar-refractivity contribution in [2.45, 2.75) is 6.42 Å². The van der Waals surface area contributed by atoms with E-state index >= 15 is 0 Å². The molecule has 1 aliphatic heterocycles. The smallest absolute Gasteiger partial charge is 0.332 e. The summed E-state index contributed by atoms with van der Waals surface area (Å²) in [5.74, 6) is 0.702. The lowest BCUT2D eigenvalue weighted by Gasteiger charge is -2.36. The number of hydrogen-bond acceptors (Lipinski definition) is 6. The lowest BCUT2D eigenvalue weighted by Crippen LogP contribution is -2.49. The molecule has 0 saturated carbocycles. The van der Waals surface area contributed by atoms with Gasteiger partial charge < -0.3 is 16.0 Å². The zero-order chi connectivity index (χ0) is 19.4. The van der Waals surface area contributed by atoms with Gasteiger partial charge >= 0.3 is 5.69 Å². The minimum Gasteiger partial charge on any atom is -0.399 e. The zero-order valence-electron chi connectivity index (χ0n) is 16.4. The molecule has 0 atom stereocenters. The Morgan fingerprint density at radius 1 is 1.00 bits per heavy atom. The van der Waals surface area contributed by atoms with Crippen molar-refractivity contribution < 1.29 is 0 Å². The Kier molecular flexibility index (Phi) is 7.53. The fourth-order valence-electron chi connectivity index (χ4n) is 3.36. The molecule has 9 heteroatoms. The topological polar surface area (TPSA) is 88.5 Å². The summed E-state index contributed by atoms with van der Waals surface area (Å²) in [5, 5.41) is 3.40. The maximum atomic E-state index is 12.1. The normalized spacial score (nSPS) is 14.6. The average Bonchev–Trinajstić information content (AvgIpc) is 2.68. The molecule has 1 fully saturated rings. The largest absolute Gasteiger partial charge is 0.399 e. The van der Waals surface area contributed by atoms with Crippen LogP contribution < -0.4 is 27.2 Å². The van der Waals surface area contributed by atoms with Crippen molar-refractivity contribution in [1.82, 2.24) is 14.0 Å². The van der Waals surface area contributed by atoms with E-state index < -0.39 is 0 Å². The van der Waals surface area contributed by atoms with Crippen LogP contribution in [0.1, 0.15) is 6.42 Å². The van der Waals surface area contributed by atoms with Crippen LogP contribution in [0.4, 0.5) is 17.2 Å². The van der Waals surface area contributed by atoms with Gasteiger partial charge in [-0.15, -0.1) is 12.4 Å². The number of rotatable bonds is 6. The highest BCUT2D eigenvalue weighted by molar-refractivity contribution is 5.85. The molecular formula is C19H29ClN6O2. The molecule has 0 aliphatic carbocycles. The Balaban J connectivity index is 0.00000280. The van der Waals surface area contributed by atoms with Crippen LogP contribution in [-0.4, -0.2) is 53.3 Å². The second kappa shape index (κ2) is 9.66.